The molecule has 3 aromatic rings. The average molecular weight is 340 g/mol. The fourth-order valence-corrected chi connectivity index (χ4v) is 2.43. The number of imidazole rings is 1. The number of nitrogens with one attached hydrogen (secondary N) is 2. The van der Waals surface area contributed by atoms with Crippen LogP contribution >= 0.6 is 0 Å². The number of nitrogens with zero attached hydrogens (tertiary/aromatic N) is 2. The molecule has 25 heavy (non-hydrogen) atoms. The molecule has 0 saturated heterocycles. The summed E-state index contributed by atoms with van der Waals surface area (Å²) in [4.78, 5) is 29.2. The second kappa shape index (κ2) is 7.12. The normalized spacial score (nSPS) is 10.6. The molecule has 3 rings (SSSR count). The minimum atomic E-state index is -0.535. The van der Waals surface area contributed by atoms with E-state index in [1.165, 1.54) is 18.2 Å². The summed E-state index contributed by atoms with van der Waals surface area (Å²) in [7, 11) is 0. The Kier molecular flexibility index (Phi) is 4.74. The van der Waals surface area contributed by atoms with Crippen LogP contribution in [0.3, 0.4) is 0 Å². The number of hydrogen-bond donors (Lipinski definition) is 2. The zero-order valence-electron chi connectivity index (χ0n) is 13.6. The van der Waals surface area contributed by atoms with Gasteiger partial charge in [0.1, 0.15) is 11.5 Å². The maximum atomic E-state index is 13.3. The summed E-state index contributed by atoms with van der Waals surface area (Å²) in [5.74, 6) is -1.25. The van der Waals surface area contributed by atoms with E-state index >= 15 is 0 Å². The van der Waals surface area contributed by atoms with Crippen LogP contribution < -0.4 is 10.6 Å². The zero-order valence-corrected chi connectivity index (χ0v) is 13.6. The number of carbonyl (C=O) groups is 2. The third kappa shape index (κ3) is 3.50. The molecular formula is C18H17FN4O2. The Hall–Kier alpha value is -3.22. The molecule has 7 heteroatoms. The van der Waals surface area contributed by atoms with E-state index in [-0.39, 0.29) is 23.0 Å². The van der Waals surface area contributed by atoms with Gasteiger partial charge in [-0.3, -0.25) is 14.0 Å². The van der Waals surface area contributed by atoms with E-state index < -0.39 is 11.7 Å². The van der Waals surface area contributed by atoms with Gasteiger partial charge in [-0.2, -0.15) is 0 Å². The first kappa shape index (κ1) is 16.6. The molecule has 1 aromatic carbocycles. The van der Waals surface area contributed by atoms with E-state index in [4.69, 9.17) is 0 Å². The molecule has 0 aliphatic carbocycles. The van der Waals surface area contributed by atoms with Gasteiger partial charge in [-0.05, 0) is 36.8 Å². The molecule has 0 fully saturated rings. The smallest absolute Gasteiger partial charge is 0.272 e. The Bertz CT molecular complexity index is 936. The van der Waals surface area contributed by atoms with Crippen molar-refractivity contribution in [3.8, 4) is 0 Å². The standard InChI is InChI=1S/C18H17FN4O2/c1-2-9-20-18(25)15-16(21-14-8-3-4-10-23(14)15)22-17(24)12-6-5-7-13(19)11-12/h3-8,10-11H,2,9H2,1H3,(H,20,25)(H,22,24). The fraction of sp³-hybridized carbons (Fsp3) is 0.167. The van der Waals surface area contributed by atoms with Crippen LogP contribution in [0, 0.1) is 5.82 Å². The second-order valence-corrected chi connectivity index (χ2v) is 5.46. The summed E-state index contributed by atoms with van der Waals surface area (Å²) in [5.41, 5.74) is 0.907. The number of rotatable bonds is 5. The van der Waals surface area contributed by atoms with Crippen molar-refractivity contribution in [1.82, 2.24) is 14.7 Å². The van der Waals surface area contributed by atoms with E-state index in [1.54, 1.807) is 28.8 Å². The van der Waals surface area contributed by atoms with Crippen LogP contribution in [0.5, 0.6) is 0 Å². The number of fused-ring (bicyclic) bond motifs is 1. The van der Waals surface area contributed by atoms with Crippen molar-refractivity contribution in [1.29, 1.82) is 0 Å². The Morgan fingerprint density at radius 3 is 2.76 bits per heavy atom. The molecule has 0 bridgehead atoms. The highest BCUT2D eigenvalue weighted by Crippen LogP contribution is 2.19. The van der Waals surface area contributed by atoms with Gasteiger partial charge in [0.2, 0.25) is 0 Å². The molecule has 0 aliphatic heterocycles. The zero-order chi connectivity index (χ0) is 17.8. The number of anilines is 1. The van der Waals surface area contributed by atoms with E-state index in [2.05, 4.69) is 15.6 Å². The van der Waals surface area contributed by atoms with Crippen molar-refractivity contribution < 1.29 is 14.0 Å². The first-order valence-corrected chi connectivity index (χ1v) is 7.92. The highest BCUT2D eigenvalue weighted by Gasteiger charge is 2.21. The summed E-state index contributed by atoms with van der Waals surface area (Å²) in [6.07, 6.45) is 2.48. The molecule has 2 N–H and O–H groups in total. The lowest BCUT2D eigenvalue weighted by Crippen LogP contribution is -2.27. The molecule has 6 nitrogen and oxygen atoms in total. The van der Waals surface area contributed by atoms with Crippen LogP contribution in [0.2, 0.25) is 0 Å². The highest BCUT2D eigenvalue weighted by atomic mass is 19.1. The van der Waals surface area contributed by atoms with Gasteiger partial charge in [0.05, 0.1) is 0 Å². The topological polar surface area (TPSA) is 75.5 Å². The Morgan fingerprint density at radius 1 is 1.16 bits per heavy atom. The average Bonchev–Trinajstić information content (AvgIpc) is 2.97. The van der Waals surface area contributed by atoms with E-state index in [9.17, 15) is 14.0 Å². The Labute approximate surface area is 143 Å². The lowest BCUT2D eigenvalue weighted by Gasteiger charge is -2.07. The first-order chi connectivity index (χ1) is 12.1. The molecular weight excluding hydrogens is 323 g/mol. The van der Waals surface area contributed by atoms with Crippen LogP contribution in [0.1, 0.15) is 34.2 Å². The van der Waals surface area contributed by atoms with E-state index in [0.29, 0.717) is 12.2 Å². The number of benzene rings is 1. The van der Waals surface area contributed by atoms with Crippen molar-refractivity contribution in [3.05, 3.63) is 65.7 Å². The van der Waals surface area contributed by atoms with E-state index in [0.717, 1.165) is 12.5 Å². The van der Waals surface area contributed by atoms with Crippen molar-refractivity contribution >= 4 is 23.3 Å². The number of pyridine rings is 1. The van der Waals surface area contributed by atoms with Crippen molar-refractivity contribution in [2.75, 3.05) is 11.9 Å². The molecule has 2 amide bonds. The van der Waals surface area contributed by atoms with E-state index in [1.807, 2.05) is 6.92 Å². The second-order valence-electron chi connectivity index (χ2n) is 5.46. The minimum absolute atomic E-state index is 0.133. The van der Waals surface area contributed by atoms with Crippen LogP contribution in [0.25, 0.3) is 5.65 Å². The van der Waals surface area contributed by atoms with Crippen LogP contribution in [-0.4, -0.2) is 27.7 Å². The van der Waals surface area contributed by atoms with Gasteiger partial charge in [0.15, 0.2) is 11.5 Å². The summed E-state index contributed by atoms with van der Waals surface area (Å²) < 4.78 is 14.9. The molecule has 0 unspecified atom stereocenters. The van der Waals surface area contributed by atoms with Gasteiger partial charge in [-0.15, -0.1) is 0 Å². The monoisotopic (exact) mass is 340 g/mol. The van der Waals surface area contributed by atoms with Gasteiger partial charge in [-0.25, -0.2) is 9.37 Å². The minimum Gasteiger partial charge on any atom is -0.351 e. The largest absolute Gasteiger partial charge is 0.351 e. The third-order valence-corrected chi connectivity index (χ3v) is 3.60. The molecule has 0 aliphatic rings. The summed E-state index contributed by atoms with van der Waals surface area (Å²) in [6.45, 7) is 2.46. The molecule has 0 radical (unpaired) electrons. The summed E-state index contributed by atoms with van der Waals surface area (Å²) >= 11 is 0. The van der Waals surface area contributed by atoms with Crippen molar-refractivity contribution in [3.63, 3.8) is 0 Å². The van der Waals surface area contributed by atoms with Crippen LogP contribution in [0.4, 0.5) is 10.2 Å². The van der Waals surface area contributed by atoms with Crippen LogP contribution in [0.15, 0.2) is 48.7 Å². The van der Waals surface area contributed by atoms with Crippen LogP contribution in [-0.2, 0) is 0 Å². The summed E-state index contributed by atoms with van der Waals surface area (Å²) in [6, 6.07) is 10.6. The number of hydrogen-bond acceptors (Lipinski definition) is 3. The fourth-order valence-electron chi connectivity index (χ4n) is 2.43. The van der Waals surface area contributed by atoms with Crippen molar-refractivity contribution in [2.45, 2.75) is 13.3 Å². The molecule has 2 heterocycles. The first-order valence-electron chi connectivity index (χ1n) is 7.92. The van der Waals surface area contributed by atoms with Gasteiger partial charge in [-0.1, -0.05) is 19.1 Å². The van der Waals surface area contributed by atoms with Crippen molar-refractivity contribution in [2.24, 2.45) is 0 Å². The molecule has 0 saturated carbocycles. The number of amides is 2. The predicted molar refractivity (Wildman–Crippen MR) is 92.2 cm³/mol. The molecule has 128 valence electrons. The molecule has 0 spiro atoms. The number of aromatic nitrogens is 2. The van der Waals surface area contributed by atoms with Gasteiger partial charge in [0, 0.05) is 18.3 Å². The quantitative estimate of drug-likeness (QED) is 0.750. The highest BCUT2D eigenvalue weighted by molar-refractivity contribution is 6.08. The third-order valence-electron chi connectivity index (χ3n) is 3.60. The predicted octanol–water partition coefficient (Wildman–Crippen LogP) is 2.87. The number of carbonyl (C=O) groups excluding carboxylic acids is 2. The van der Waals surface area contributed by atoms with Gasteiger partial charge >= 0.3 is 0 Å². The Morgan fingerprint density at radius 2 is 2.00 bits per heavy atom. The SMILES string of the molecule is CCCNC(=O)c1c(NC(=O)c2cccc(F)c2)nc2ccccn12. The number of halogens is 1. The van der Waals surface area contributed by atoms with Gasteiger partial charge in [0.25, 0.3) is 11.8 Å². The Balaban J connectivity index is 1.97. The molecule has 2 aromatic heterocycles. The lowest BCUT2D eigenvalue weighted by molar-refractivity contribution is 0.0949. The maximum Gasteiger partial charge on any atom is 0.272 e. The summed E-state index contributed by atoms with van der Waals surface area (Å²) in [5, 5.41) is 5.38. The lowest BCUT2D eigenvalue weighted by atomic mass is 10.2. The van der Waals surface area contributed by atoms with Gasteiger partial charge < -0.3 is 10.6 Å². The maximum absolute atomic E-state index is 13.3. The molecule has 0 atom stereocenters.